The van der Waals surface area contributed by atoms with Gasteiger partial charge in [-0.05, 0) is 24.3 Å². The molecule has 8 heteroatoms. The summed E-state index contributed by atoms with van der Waals surface area (Å²) in [7, 11) is 0. The number of fused-ring (bicyclic) bond motifs is 1. The van der Waals surface area contributed by atoms with Crippen LogP contribution in [0.15, 0.2) is 41.3 Å². The molecule has 0 saturated heterocycles. The fourth-order valence-electron chi connectivity index (χ4n) is 2.10. The molecule has 0 fully saturated rings. The molecule has 1 aliphatic rings. The van der Waals surface area contributed by atoms with E-state index >= 15 is 0 Å². The summed E-state index contributed by atoms with van der Waals surface area (Å²) >= 11 is 0. The van der Waals surface area contributed by atoms with Crippen molar-refractivity contribution >= 4 is 11.5 Å². The molecule has 1 aromatic heterocycles. The van der Waals surface area contributed by atoms with Gasteiger partial charge in [-0.25, -0.2) is 0 Å². The van der Waals surface area contributed by atoms with E-state index in [0.29, 0.717) is 17.1 Å². The maximum Gasteiger partial charge on any atom is 0.334 e. The molecule has 0 aliphatic carbocycles. The number of nitro groups is 1. The number of carbonyl (C=O) groups is 1. The summed E-state index contributed by atoms with van der Waals surface area (Å²) in [6.45, 7) is -0.197. The minimum absolute atomic E-state index is 0.0946. The predicted octanol–water partition coefficient (Wildman–Crippen LogP) is 1.37. The SMILES string of the molecule is O=C(Cn1cccc([N+](=O)[O-])c1=O)c1ccc2c(c1)OCO2. The van der Waals surface area contributed by atoms with Crippen molar-refractivity contribution < 1.29 is 19.2 Å². The second kappa shape index (κ2) is 5.32. The molecule has 0 bridgehead atoms. The van der Waals surface area contributed by atoms with Crippen LogP contribution in [0.4, 0.5) is 5.69 Å². The molecule has 1 aliphatic heterocycles. The van der Waals surface area contributed by atoms with Crippen molar-refractivity contribution in [3.05, 3.63) is 62.6 Å². The monoisotopic (exact) mass is 302 g/mol. The van der Waals surface area contributed by atoms with Crippen molar-refractivity contribution in [1.82, 2.24) is 4.57 Å². The maximum atomic E-state index is 12.2. The summed E-state index contributed by atoms with van der Waals surface area (Å²) in [6, 6.07) is 7.13. The van der Waals surface area contributed by atoms with Crippen molar-refractivity contribution in [3.63, 3.8) is 0 Å². The molecule has 112 valence electrons. The van der Waals surface area contributed by atoms with Crippen LogP contribution in [-0.2, 0) is 6.54 Å². The van der Waals surface area contributed by atoms with Crippen LogP contribution in [-0.4, -0.2) is 22.1 Å². The van der Waals surface area contributed by atoms with Gasteiger partial charge in [-0.1, -0.05) is 0 Å². The molecule has 3 rings (SSSR count). The maximum absolute atomic E-state index is 12.2. The van der Waals surface area contributed by atoms with Gasteiger partial charge in [0.05, 0.1) is 11.5 Å². The van der Waals surface area contributed by atoms with Crippen molar-refractivity contribution in [2.45, 2.75) is 6.54 Å². The Bertz CT molecular complexity index is 826. The quantitative estimate of drug-likeness (QED) is 0.480. The van der Waals surface area contributed by atoms with Crippen LogP contribution in [0.2, 0.25) is 0 Å². The van der Waals surface area contributed by atoms with E-state index in [4.69, 9.17) is 9.47 Å². The predicted molar refractivity (Wildman–Crippen MR) is 74.3 cm³/mol. The number of nitrogens with zero attached hydrogens (tertiary/aromatic N) is 2. The van der Waals surface area contributed by atoms with Gasteiger partial charge in [-0.3, -0.25) is 19.7 Å². The minimum Gasteiger partial charge on any atom is -0.454 e. The third-order valence-electron chi connectivity index (χ3n) is 3.21. The van der Waals surface area contributed by atoms with Crippen LogP contribution >= 0.6 is 0 Å². The normalized spacial score (nSPS) is 12.2. The van der Waals surface area contributed by atoms with Crippen LogP contribution < -0.4 is 15.0 Å². The second-order valence-electron chi connectivity index (χ2n) is 4.57. The summed E-state index contributed by atoms with van der Waals surface area (Å²) in [5.74, 6) is 0.641. The molecule has 0 saturated carbocycles. The lowest BCUT2D eigenvalue weighted by atomic mass is 10.1. The Morgan fingerprint density at radius 2 is 2.05 bits per heavy atom. The van der Waals surface area contributed by atoms with E-state index in [1.54, 1.807) is 12.1 Å². The standard InChI is InChI=1S/C14H10N2O6/c17-11(9-3-4-12-13(6-9)22-8-21-12)7-15-5-1-2-10(14(15)18)16(19)20/h1-6H,7-8H2. The average Bonchev–Trinajstić information content (AvgIpc) is 2.96. The second-order valence-corrected chi connectivity index (χ2v) is 4.57. The number of carbonyl (C=O) groups excluding carboxylic acids is 1. The van der Waals surface area contributed by atoms with Crippen molar-refractivity contribution in [2.75, 3.05) is 6.79 Å². The lowest BCUT2D eigenvalue weighted by molar-refractivity contribution is -0.386. The first-order valence-corrected chi connectivity index (χ1v) is 6.33. The summed E-state index contributed by atoms with van der Waals surface area (Å²) in [4.78, 5) is 34.1. The third-order valence-corrected chi connectivity index (χ3v) is 3.21. The molecule has 2 heterocycles. The van der Waals surface area contributed by atoms with E-state index in [1.807, 2.05) is 0 Å². The van der Waals surface area contributed by atoms with Crippen LogP contribution in [0.3, 0.4) is 0 Å². The summed E-state index contributed by atoms with van der Waals surface area (Å²) in [5, 5.41) is 10.7. The molecule has 22 heavy (non-hydrogen) atoms. The average molecular weight is 302 g/mol. The van der Waals surface area contributed by atoms with Gasteiger partial charge in [0.25, 0.3) is 0 Å². The zero-order valence-corrected chi connectivity index (χ0v) is 11.2. The first kappa shape index (κ1) is 13.8. The highest BCUT2D eigenvalue weighted by Gasteiger charge is 2.18. The number of benzene rings is 1. The molecule has 0 unspecified atom stereocenters. The van der Waals surface area contributed by atoms with Crippen LogP contribution in [0.25, 0.3) is 0 Å². The van der Waals surface area contributed by atoms with Gasteiger partial charge in [0.2, 0.25) is 6.79 Å². The summed E-state index contributed by atoms with van der Waals surface area (Å²) in [6.07, 6.45) is 1.33. The van der Waals surface area contributed by atoms with Gasteiger partial charge in [0.15, 0.2) is 17.3 Å². The molecular formula is C14H10N2O6. The van der Waals surface area contributed by atoms with Crippen LogP contribution in [0, 0.1) is 10.1 Å². The zero-order chi connectivity index (χ0) is 15.7. The zero-order valence-electron chi connectivity index (χ0n) is 11.2. The van der Waals surface area contributed by atoms with Crippen LogP contribution in [0.1, 0.15) is 10.4 Å². The Labute approximate surface area is 123 Å². The Kier molecular flexibility index (Phi) is 3.34. The Morgan fingerprint density at radius 1 is 1.27 bits per heavy atom. The number of ketones is 1. The topological polar surface area (TPSA) is 101 Å². The van der Waals surface area contributed by atoms with E-state index in [2.05, 4.69) is 0 Å². The number of rotatable bonds is 4. The minimum atomic E-state index is -0.818. The number of hydrogen-bond donors (Lipinski definition) is 0. The molecule has 0 amide bonds. The van der Waals surface area contributed by atoms with Gasteiger partial charge < -0.3 is 14.0 Å². The fourth-order valence-corrected chi connectivity index (χ4v) is 2.10. The van der Waals surface area contributed by atoms with Crippen molar-refractivity contribution in [3.8, 4) is 11.5 Å². The molecule has 0 N–H and O–H groups in total. The summed E-state index contributed by atoms with van der Waals surface area (Å²) < 4.78 is 11.3. The highest BCUT2D eigenvalue weighted by atomic mass is 16.7. The largest absolute Gasteiger partial charge is 0.454 e. The van der Waals surface area contributed by atoms with E-state index in [1.165, 1.54) is 18.3 Å². The number of aromatic nitrogens is 1. The lowest BCUT2D eigenvalue weighted by Crippen LogP contribution is -2.25. The first-order chi connectivity index (χ1) is 10.6. The highest BCUT2D eigenvalue weighted by molar-refractivity contribution is 5.96. The van der Waals surface area contributed by atoms with E-state index < -0.39 is 16.2 Å². The molecule has 2 aromatic rings. The Balaban J connectivity index is 1.87. The van der Waals surface area contributed by atoms with E-state index in [0.717, 1.165) is 10.6 Å². The lowest BCUT2D eigenvalue weighted by Gasteiger charge is -2.05. The van der Waals surface area contributed by atoms with Gasteiger partial charge in [-0.15, -0.1) is 0 Å². The van der Waals surface area contributed by atoms with Gasteiger partial charge in [0, 0.05) is 17.8 Å². The molecule has 1 aromatic carbocycles. The number of hydrogen-bond acceptors (Lipinski definition) is 6. The van der Waals surface area contributed by atoms with Gasteiger partial charge >= 0.3 is 11.2 Å². The fraction of sp³-hybridized carbons (Fsp3) is 0.143. The molecule has 0 atom stereocenters. The molecular weight excluding hydrogens is 292 g/mol. The van der Waals surface area contributed by atoms with E-state index in [9.17, 15) is 19.7 Å². The van der Waals surface area contributed by atoms with E-state index in [-0.39, 0.29) is 19.1 Å². The molecule has 8 nitrogen and oxygen atoms in total. The van der Waals surface area contributed by atoms with Crippen molar-refractivity contribution in [2.24, 2.45) is 0 Å². The van der Waals surface area contributed by atoms with Gasteiger partial charge in [-0.2, -0.15) is 0 Å². The Hall–Kier alpha value is -3.16. The van der Waals surface area contributed by atoms with Crippen LogP contribution in [0.5, 0.6) is 11.5 Å². The van der Waals surface area contributed by atoms with Gasteiger partial charge in [0.1, 0.15) is 0 Å². The Morgan fingerprint density at radius 3 is 2.82 bits per heavy atom. The number of ether oxygens (including phenoxy) is 2. The highest BCUT2D eigenvalue weighted by Crippen LogP contribution is 2.32. The third kappa shape index (κ3) is 2.41. The number of pyridine rings is 1. The summed E-state index contributed by atoms with van der Waals surface area (Å²) in [5.41, 5.74) is -1.05. The first-order valence-electron chi connectivity index (χ1n) is 6.33. The number of Topliss-reactive ketones (excluding diaryl/α,β-unsaturated/α-hetero) is 1. The van der Waals surface area contributed by atoms with Crippen molar-refractivity contribution in [1.29, 1.82) is 0 Å². The molecule has 0 spiro atoms. The molecule has 0 radical (unpaired) electrons. The smallest absolute Gasteiger partial charge is 0.334 e.